The predicted molar refractivity (Wildman–Crippen MR) is 46.3 cm³/mol. The summed E-state index contributed by atoms with van der Waals surface area (Å²) in [4.78, 5) is 10.8. The maximum atomic E-state index is 10.8. The van der Waals surface area contributed by atoms with Crippen LogP contribution in [0.1, 0.15) is 26.7 Å². The normalized spacial score (nSPS) is 12.7. The van der Waals surface area contributed by atoms with Crippen molar-refractivity contribution in [1.82, 2.24) is 5.32 Å². The van der Waals surface area contributed by atoms with Crippen molar-refractivity contribution in [3.05, 3.63) is 0 Å². The van der Waals surface area contributed by atoms with Crippen molar-refractivity contribution in [1.29, 1.82) is 0 Å². The number of carbonyl (C=O) groups excluding carboxylic acids is 1. The molecule has 2 nitrogen and oxygen atoms in total. The summed E-state index contributed by atoms with van der Waals surface area (Å²) in [5.41, 5.74) is 0. The van der Waals surface area contributed by atoms with Crippen molar-refractivity contribution in [3.8, 4) is 0 Å². The average Bonchev–Trinajstić information content (AvgIpc) is 1.88. The summed E-state index contributed by atoms with van der Waals surface area (Å²) >= 11 is 3.31. The summed E-state index contributed by atoms with van der Waals surface area (Å²) in [7, 11) is 0. The van der Waals surface area contributed by atoms with Crippen LogP contribution in [0.25, 0.3) is 0 Å². The molecule has 10 heavy (non-hydrogen) atoms. The van der Waals surface area contributed by atoms with Crippen LogP contribution in [0, 0.1) is 0 Å². The van der Waals surface area contributed by atoms with E-state index in [0.29, 0.717) is 12.5 Å². The number of hydrogen-bond acceptors (Lipinski definition) is 1. The number of carbonyl (C=O) groups is 1. The Morgan fingerprint density at radius 1 is 1.70 bits per heavy atom. The molecule has 0 aliphatic rings. The van der Waals surface area contributed by atoms with E-state index in [1.165, 1.54) is 0 Å². The molecule has 0 radical (unpaired) electrons. The molecule has 0 aliphatic carbocycles. The van der Waals surface area contributed by atoms with Crippen molar-refractivity contribution >= 4 is 21.8 Å². The Balaban J connectivity index is 3.37. The highest BCUT2D eigenvalue weighted by molar-refractivity contribution is 9.09. The van der Waals surface area contributed by atoms with Gasteiger partial charge in [0.25, 0.3) is 0 Å². The topological polar surface area (TPSA) is 29.1 Å². The minimum absolute atomic E-state index is 0.133. The molecule has 0 rings (SSSR count). The Bertz CT molecular complexity index is 106. The molecule has 60 valence electrons. The summed E-state index contributed by atoms with van der Waals surface area (Å²) in [6, 6.07) is 0.298. The van der Waals surface area contributed by atoms with Crippen LogP contribution in [0.2, 0.25) is 0 Å². The molecule has 1 N–H and O–H groups in total. The number of hydrogen-bond donors (Lipinski definition) is 1. The second-order valence-electron chi connectivity index (χ2n) is 2.30. The van der Waals surface area contributed by atoms with E-state index in [4.69, 9.17) is 0 Å². The molecule has 3 heteroatoms. The molecule has 0 aromatic carbocycles. The first kappa shape index (κ1) is 9.95. The van der Waals surface area contributed by atoms with E-state index >= 15 is 0 Å². The van der Waals surface area contributed by atoms with E-state index in [2.05, 4.69) is 21.2 Å². The largest absolute Gasteiger partial charge is 0.354 e. The molecule has 0 aromatic heterocycles. The second kappa shape index (κ2) is 5.71. The van der Waals surface area contributed by atoms with E-state index in [9.17, 15) is 4.79 Å². The fraction of sp³-hybridized carbons (Fsp3) is 0.857. The lowest BCUT2D eigenvalue weighted by atomic mass is 10.2. The number of amides is 1. The standard InChI is InChI=1S/C7H14BrNO/c1-3-7(10)9-6(2)4-5-8/h6H,3-5H2,1-2H3,(H,9,10). The molecule has 0 bridgehead atoms. The molecule has 1 unspecified atom stereocenters. The molecule has 0 aromatic rings. The number of halogens is 1. The highest BCUT2D eigenvalue weighted by Gasteiger charge is 2.02. The summed E-state index contributed by atoms with van der Waals surface area (Å²) < 4.78 is 0. The van der Waals surface area contributed by atoms with Crippen LogP contribution >= 0.6 is 15.9 Å². The number of alkyl halides is 1. The van der Waals surface area contributed by atoms with E-state index in [-0.39, 0.29) is 5.91 Å². The van der Waals surface area contributed by atoms with Gasteiger partial charge in [0, 0.05) is 17.8 Å². The van der Waals surface area contributed by atoms with Crippen LogP contribution in [0.15, 0.2) is 0 Å². The lowest BCUT2D eigenvalue weighted by Crippen LogP contribution is -2.31. The summed E-state index contributed by atoms with van der Waals surface area (Å²) in [6.45, 7) is 3.87. The Morgan fingerprint density at radius 3 is 2.70 bits per heavy atom. The Morgan fingerprint density at radius 2 is 2.30 bits per heavy atom. The smallest absolute Gasteiger partial charge is 0.219 e. The molecule has 1 atom stereocenters. The van der Waals surface area contributed by atoms with Crippen LogP contribution in [-0.2, 0) is 4.79 Å². The van der Waals surface area contributed by atoms with Crippen molar-refractivity contribution < 1.29 is 4.79 Å². The molecule has 0 spiro atoms. The van der Waals surface area contributed by atoms with Crippen LogP contribution in [0.5, 0.6) is 0 Å². The summed E-state index contributed by atoms with van der Waals surface area (Å²) in [5, 5.41) is 3.80. The zero-order chi connectivity index (χ0) is 7.98. The Hall–Kier alpha value is -0.0500. The van der Waals surface area contributed by atoms with Gasteiger partial charge in [-0.05, 0) is 13.3 Å². The van der Waals surface area contributed by atoms with E-state index in [1.807, 2.05) is 13.8 Å². The molecule has 0 fully saturated rings. The predicted octanol–water partition coefficient (Wildman–Crippen LogP) is 1.69. The van der Waals surface area contributed by atoms with Gasteiger partial charge >= 0.3 is 0 Å². The van der Waals surface area contributed by atoms with Gasteiger partial charge < -0.3 is 5.32 Å². The van der Waals surface area contributed by atoms with Gasteiger partial charge in [-0.2, -0.15) is 0 Å². The van der Waals surface area contributed by atoms with Crippen LogP contribution in [0.3, 0.4) is 0 Å². The van der Waals surface area contributed by atoms with E-state index in [0.717, 1.165) is 11.8 Å². The maximum Gasteiger partial charge on any atom is 0.219 e. The van der Waals surface area contributed by atoms with Gasteiger partial charge in [-0.1, -0.05) is 22.9 Å². The van der Waals surface area contributed by atoms with Gasteiger partial charge in [0.1, 0.15) is 0 Å². The SMILES string of the molecule is CCC(=O)NC(C)CCBr. The third kappa shape index (κ3) is 4.79. The van der Waals surface area contributed by atoms with Crippen LogP contribution < -0.4 is 5.32 Å². The summed E-state index contributed by atoms with van der Waals surface area (Å²) in [6.07, 6.45) is 1.57. The Labute approximate surface area is 70.5 Å². The zero-order valence-corrected chi connectivity index (χ0v) is 8.07. The fourth-order valence-corrected chi connectivity index (χ4v) is 1.30. The van der Waals surface area contributed by atoms with Crippen molar-refractivity contribution in [3.63, 3.8) is 0 Å². The third-order valence-corrected chi connectivity index (χ3v) is 1.73. The first-order valence-corrected chi connectivity index (χ1v) is 4.68. The quantitative estimate of drug-likeness (QED) is 0.699. The second-order valence-corrected chi connectivity index (χ2v) is 3.09. The minimum Gasteiger partial charge on any atom is -0.354 e. The minimum atomic E-state index is 0.133. The molecule has 0 saturated carbocycles. The molecular weight excluding hydrogens is 194 g/mol. The number of nitrogens with one attached hydrogen (secondary N) is 1. The lowest BCUT2D eigenvalue weighted by molar-refractivity contribution is -0.121. The first-order chi connectivity index (χ1) is 4.70. The van der Waals surface area contributed by atoms with Gasteiger partial charge in [-0.15, -0.1) is 0 Å². The highest BCUT2D eigenvalue weighted by atomic mass is 79.9. The van der Waals surface area contributed by atoms with Gasteiger partial charge in [0.05, 0.1) is 0 Å². The third-order valence-electron chi connectivity index (χ3n) is 1.27. The molecular formula is C7H14BrNO. The van der Waals surface area contributed by atoms with E-state index < -0.39 is 0 Å². The summed E-state index contributed by atoms with van der Waals surface area (Å²) in [5.74, 6) is 0.133. The lowest BCUT2D eigenvalue weighted by Gasteiger charge is -2.10. The van der Waals surface area contributed by atoms with Gasteiger partial charge in [-0.3, -0.25) is 4.79 Å². The fourth-order valence-electron chi connectivity index (χ4n) is 0.613. The van der Waals surface area contributed by atoms with Gasteiger partial charge in [0.15, 0.2) is 0 Å². The average molecular weight is 208 g/mol. The van der Waals surface area contributed by atoms with Crippen molar-refractivity contribution in [2.75, 3.05) is 5.33 Å². The number of rotatable bonds is 4. The maximum absolute atomic E-state index is 10.8. The van der Waals surface area contributed by atoms with Crippen molar-refractivity contribution in [2.45, 2.75) is 32.7 Å². The van der Waals surface area contributed by atoms with Crippen molar-refractivity contribution in [2.24, 2.45) is 0 Å². The monoisotopic (exact) mass is 207 g/mol. The zero-order valence-electron chi connectivity index (χ0n) is 6.48. The molecule has 0 saturated heterocycles. The highest BCUT2D eigenvalue weighted by Crippen LogP contribution is 1.94. The Kier molecular flexibility index (Phi) is 5.69. The van der Waals surface area contributed by atoms with Gasteiger partial charge in [0.2, 0.25) is 5.91 Å². The van der Waals surface area contributed by atoms with Crippen LogP contribution in [0.4, 0.5) is 0 Å². The van der Waals surface area contributed by atoms with Gasteiger partial charge in [-0.25, -0.2) is 0 Å². The molecule has 1 amide bonds. The molecule has 0 heterocycles. The van der Waals surface area contributed by atoms with E-state index in [1.54, 1.807) is 0 Å². The van der Waals surface area contributed by atoms with Crippen LogP contribution in [-0.4, -0.2) is 17.3 Å². The first-order valence-electron chi connectivity index (χ1n) is 3.56. The molecule has 0 aliphatic heterocycles.